The second kappa shape index (κ2) is 11.0. The molecule has 0 spiro atoms. The van der Waals surface area contributed by atoms with Gasteiger partial charge >= 0.3 is 26.2 Å². The Bertz CT molecular complexity index is 933. The summed E-state index contributed by atoms with van der Waals surface area (Å²) in [6.45, 7) is 11.2. The molecule has 0 atom stereocenters. The standard InChI is InChI=1S/C23H28NO.2ClH.Zr/c1-15(9-8-12-25)19-14-20-18-11-7-6-10-17(18)13-21(20)22(16(19)2)24-23(3,4)5;;;/h6-7,10-11,14,24-25H,8-9,12H2,1-5H3;2*1H;/q-1;;;+3/p-2. The predicted molar refractivity (Wildman–Crippen MR) is 107 cm³/mol. The van der Waals surface area contributed by atoms with Crippen molar-refractivity contribution < 1.29 is 56.1 Å². The van der Waals surface area contributed by atoms with Gasteiger partial charge in [-0.15, -0.1) is 28.8 Å². The average molecular weight is 497 g/mol. The maximum Gasteiger partial charge on any atom is 3.00 e. The smallest absolute Gasteiger partial charge is 1.00 e. The van der Waals surface area contributed by atoms with E-state index in [4.69, 9.17) is 0 Å². The van der Waals surface area contributed by atoms with Crippen molar-refractivity contribution in [3.05, 3.63) is 51.9 Å². The van der Waals surface area contributed by atoms with Crippen LogP contribution in [0.1, 0.15) is 51.7 Å². The van der Waals surface area contributed by atoms with Crippen LogP contribution in [0.4, 0.5) is 5.69 Å². The van der Waals surface area contributed by atoms with Crippen LogP contribution in [0.25, 0.3) is 22.8 Å². The van der Waals surface area contributed by atoms with E-state index in [9.17, 15) is 5.11 Å². The number of hydrogen-bond acceptors (Lipinski definition) is 2. The molecule has 0 saturated heterocycles. The van der Waals surface area contributed by atoms with Crippen molar-refractivity contribution in [2.24, 2.45) is 0 Å². The van der Waals surface area contributed by atoms with Crippen LogP contribution in [0.5, 0.6) is 0 Å². The third-order valence-corrected chi connectivity index (χ3v) is 4.73. The van der Waals surface area contributed by atoms with Gasteiger partial charge < -0.3 is 35.2 Å². The summed E-state index contributed by atoms with van der Waals surface area (Å²) in [5.74, 6) is 0. The first kappa shape index (κ1) is 27.4. The van der Waals surface area contributed by atoms with Gasteiger partial charge in [0, 0.05) is 12.1 Å². The molecule has 5 heteroatoms. The van der Waals surface area contributed by atoms with Crippen LogP contribution >= 0.6 is 0 Å². The fraction of sp³-hybridized carbons (Fsp3) is 0.391. The van der Waals surface area contributed by atoms with Crippen molar-refractivity contribution in [3.63, 3.8) is 0 Å². The molecular formula is C23H28Cl2NOZr. The zero-order valence-corrected chi connectivity index (χ0v) is 21.2. The number of hydrogen-bond donors (Lipinski definition) is 2. The predicted octanol–water partition coefficient (Wildman–Crippen LogP) is -2.16. The number of fused-ring (bicyclic) bond motifs is 3. The monoisotopic (exact) mass is 494 g/mol. The van der Waals surface area contributed by atoms with Crippen molar-refractivity contribution in [1.82, 2.24) is 0 Å². The molecule has 0 fully saturated rings. The van der Waals surface area contributed by atoms with Crippen LogP contribution in [0.15, 0.2) is 30.3 Å². The molecule has 0 bridgehead atoms. The number of aliphatic hydroxyl groups is 1. The molecule has 1 aliphatic rings. The van der Waals surface area contributed by atoms with Gasteiger partial charge in [0.25, 0.3) is 0 Å². The first-order valence-electron chi connectivity index (χ1n) is 9.07. The van der Waals surface area contributed by atoms with E-state index in [1.807, 2.05) is 0 Å². The van der Waals surface area contributed by atoms with Gasteiger partial charge in [-0.2, -0.15) is 0 Å². The van der Waals surface area contributed by atoms with Crippen molar-refractivity contribution in [2.75, 3.05) is 11.9 Å². The third-order valence-electron chi connectivity index (χ3n) is 4.73. The molecule has 0 heterocycles. The summed E-state index contributed by atoms with van der Waals surface area (Å²) >= 11 is 0. The van der Waals surface area contributed by atoms with Gasteiger partial charge in [-0.1, -0.05) is 40.6 Å². The summed E-state index contributed by atoms with van der Waals surface area (Å²) in [6, 6.07) is 10.8. The summed E-state index contributed by atoms with van der Waals surface area (Å²) in [5.41, 5.74) is 7.43. The molecule has 0 saturated carbocycles. The van der Waals surface area contributed by atoms with E-state index in [0.29, 0.717) is 0 Å². The van der Waals surface area contributed by atoms with Crippen molar-refractivity contribution in [3.8, 4) is 11.1 Å². The molecule has 3 rings (SSSR count). The minimum absolute atomic E-state index is 0. The van der Waals surface area contributed by atoms with Crippen molar-refractivity contribution >= 4 is 17.3 Å². The van der Waals surface area contributed by atoms with Crippen LogP contribution in [0.3, 0.4) is 0 Å². The van der Waals surface area contributed by atoms with Crippen LogP contribution in [-0.4, -0.2) is 17.3 Å². The minimum atomic E-state index is -0.0212. The second-order valence-electron chi connectivity index (χ2n) is 8.00. The fourth-order valence-electron chi connectivity index (χ4n) is 3.54. The summed E-state index contributed by atoms with van der Waals surface area (Å²) in [7, 11) is 0. The Hall–Kier alpha value is -0.597. The molecule has 28 heavy (non-hydrogen) atoms. The van der Waals surface area contributed by atoms with Crippen LogP contribution in [0.2, 0.25) is 0 Å². The molecule has 1 aliphatic carbocycles. The number of anilines is 1. The molecule has 0 aliphatic heterocycles. The summed E-state index contributed by atoms with van der Waals surface area (Å²) in [6.07, 6.45) is 5.33. The Morgan fingerprint density at radius 2 is 1.75 bits per heavy atom. The molecule has 149 valence electrons. The van der Waals surface area contributed by atoms with Gasteiger partial charge in [-0.25, -0.2) is 0 Å². The van der Waals surface area contributed by atoms with Gasteiger partial charge in [0.2, 0.25) is 0 Å². The van der Waals surface area contributed by atoms with E-state index in [1.54, 1.807) is 0 Å². The van der Waals surface area contributed by atoms with E-state index >= 15 is 0 Å². The molecule has 2 aromatic carbocycles. The average Bonchev–Trinajstić information content (AvgIpc) is 2.92. The zero-order chi connectivity index (χ0) is 18.2. The van der Waals surface area contributed by atoms with E-state index < -0.39 is 0 Å². The summed E-state index contributed by atoms with van der Waals surface area (Å²) in [4.78, 5) is 0. The fourth-order valence-corrected chi connectivity index (χ4v) is 3.54. The van der Waals surface area contributed by atoms with Crippen LogP contribution in [-0.2, 0) is 26.2 Å². The van der Waals surface area contributed by atoms with Crippen molar-refractivity contribution in [1.29, 1.82) is 0 Å². The second-order valence-corrected chi connectivity index (χ2v) is 8.00. The number of benzene rings is 2. The van der Waals surface area contributed by atoms with E-state index in [1.165, 1.54) is 44.0 Å². The molecule has 0 aromatic heterocycles. The Balaban J connectivity index is 0.00000243. The summed E-state index contributed by atoms with van der Waals surface area (Å²) in [5, 5.41) is 15.4. The van der Waals surface area contributed by atoms with Gasteiger partial charge in [0.15, 0.2) is 0 Å². The molecule has 1 radical (unpaired) electrons. The Morgan fingerprint density at radius 1 is 1.11 bits per heavy atom. The number of aliphatic hydroxyl groups excluding tert-OH is 1. The molecule has 0 amide bonds. The van der Waals surface area contributed by atoms with Gasteiger partial charge in [0.1, 0.15) is 0 Å². The molecule has 0 unspecified atom stereocenters. The maximum absolute atomic E-state index is 9.19. The number of rotatable bonds is 4. The number of nitrogens with one attached hydrogen (secondary N) is 1. The van der Waals surface area contributed by atoms with Gasteiger partial charge in [-0.05, 0) is 58.4 Å². The maximum atomic E-state index is 9.19. The van der Waals surface area contributed by atoms with E-state index in [0.717, 1.165) is 12.8 Å². The minimum Gasteiger partial charge on any atom is -1.00 e. The number of halogens is 2. The van der Waals surface area contributed by atoms with Crippen LogP contribution in [0, 0.1) is 6.92 Å². The molecule has 2 N–H and O–H groups in total. The van der Waals surface area contributed by atoms with Crippen molar-refractivity contribution in [2.45, 2.75) is 53.0 Å². The Kier molecular flexibility index (Phi) is 10.7. The molecular weight excluding hydrogens is 468 g/mol. The molecule has 2 nitrogen and oxygen atoms in total. The van der Waals surface area contributed by atoms with E-state index in [2.05, 4.69) is 76.3 Å². The quantitative estimate of drug-likeness (QED) is 0.404. The van der Waals surface area contributed by atoms with Gasteiger partial charge in [-0.3, -0.25) is 0 Å². The Labute approximate surface area is 200 Å². The zero-order valence-electron chi connectivity index (χ0n) is 17.2. The molecule has 2 aromatic rings. The largest absolute Gasteiger partial charge is 3.00 e. The SMILES string of the molecule is CC(CCCO)=c1cc2c(c(NC(C)(C)C)c1C)=[C-]c1ccccc1-2.[Cl-].[Cl-].[Zr+3]. The third kappa shape index (κ3) is 5.73. The van der Waals surface area contributed by atoms with Gasteiger partial charge in [0.05, 0.1) is 0 Å². The first-order chi connectivity index (χ1) is 11.8. The van der Waals surface area contributed by atoms with Crippen LogP contribution < -0.4 is 40.6 Å². The Morgan fingerprint density at radius 3 is 2.36 bits per heavy atom. The van der Waals surface area contributed by atoms with E-state index in [-0.39, 0.29) is 63.2 Å². The first-order valence-corrected chi connectivity index (χ1v) is 9.07. The normalized spacial score (nSPS) is 12.4. The summed E-state index contributed by atoms with van der Waals surface area (Å²) < 4.78 is 0. The topological polar surface area (TPSA) is 32.3 Å².